The summed E-state index contributed by atoms with van der Waals surface area (Å²) in [5, 5.41) is 9.48. The van der Waals surface area contributed by atoms with Gasteiger partial charge in [-0.25, -0.2) is 4.68 Å². The highest BCUT2D eigenvalue weighted by atomic mass is 35.5. The number of hydrogen-bond acceptors (Lipinski definition) is 4. The van der Waals surface area contributed by atoms with Crippen molar-refractivity contribution in [3.8, 4) is 5.75 Å². The lowest BCUT2D eigenvalue weighted by Crippen LogP contribution is -2.36. The van der Waals surface area contributed by atoms with Crippen LogP contribution in [-0.2, 0) is 0 Å². The fraction of sp³-hybridized carbons (Fsp3) is 0.474. The van der Waals surface area contributed by atoms with E-state index < -0.39 is 24.2 Å². The molecule has 0 aliphatic carbocycles. The summed E-state index contributed by atoms with van der Waals surface area (Å²) in [6, 6.07) is 4.03. The fourth-order valence-electron chi connectivity index (χ4n) is 3.18. The van der Waals surface area contributed by atoms with Crippen LogP contribution in [0.5, 0.6) is 5.75 Å². The van der Waals surface area contributed by atoms with Crippen LogP contribution < -0.4 is 15.4 Å². The molecule has 0 saturated carbocycles. The first kappa shape index (κ1) is 21.3. The lowest BCUT2D eigenvalue weighted by Gasteiger charge is -2.33. The summed E-state index contributed by atoms with van der Waals surface area (Å²) < 4.78 is 47.2. The lowest BCUT2D eigenvalue weighted by atomic mass is 9.97. The van der Waals surface area contributed by atoms with E-state index in [1.807, 2.05) is 6.92 Å². The normalized spacial score (nSPS) is 19.8. The number of nitrogens with one attached hydrogen (secondary N) is 2. The molecule has 1 aliphatic heterocycles. The number of hydrogen-bond donors (Lipinski definition) is 2. The Morgan fingerprint density at radius 1 is 1.41 bits per heavy atom. The number of benzene rings is 1. The van der Waals surface area contributed by atoms with E-state index in [0.717, 1.165) is 4.68 Å². The van der Waals surface area contributed by atoms with Gasteiger partial charge in [-0.1, -0.05) is 30.7 Å². The summed E-state index contributed by atoms with van der Waals surface area (Å²) >= 11 is 6.29. The Labute approximate surface area is 171 Å². The van der Waals surface area contributed by atoms with Crippen molar-refractivity contribution < 1.29 is 22.7 Å². The van der Waals surface area contributed by atoms with E-state index in [1.54, 1.807) is 31.2 Å². The number of carbonyl (C=O) groups excluding carboxylic acids is 1. The van der Waals surface area contributed by atoms with Crippen molar-refractivity contribution in [1.29, 1.82) is 0 Å². The molecule has 29 heavy (non-hydrogen) atoms. The number of nitrogens with zero attached hydrogens (tertiary/aromatic N) is 2. The van der Waals surface area contributed by atoms with Gasteiger partial charge in [-0.3, -0.25) is 4.79 Å². The average Bonchev–Trinajstić information content (AvgIpc) is 3.03. The Morgan fingerprint density at radius 2 is 2.07 bits per heavy atom. The summed E-state index contributed by atoms with van der Waals surface area (Å²) in [5.74, 6) is -0.0191. The number of alkyl halides is 3. The maximum atomic E-state index is 13.8. The predicted octanol–water partition coefficient (Wildman–Crippen LogP) is 4.73. The van der Waals surface area contributed by atoms with Crippen molar-refractivity contribution in [2.75, 3.05) is 12.4 Å². The van der Waals surface area contributed by atoms with Crippen molar-refractivity contribution >= 4 is 23.3 Å². The zero-order valence-electron chi connectivity index (χ0n) is 16.2. The number of carbonyl (C=O) groups is 1. The Hall–Kier alpha value is -2.42. The molecule has 3 atom stereocenters. The first-order chi connectivity index (χ1) is 13.7. The molecular weight excluding hydrogens is 409 g/mol. The van der Waals surface area contributed by atoms with Crippen LogP contribution in [-0.4, -0.2) is 35.0 Å². The van der Waals surface area contributed by atoms with E-state index in [-0.39, 0.29) is 29.0 Å². The molecule has 0 fully saturated rings. The number of aromatic nitrogens is 2. The fourth-order valence-corrected chi connectivity index (χ4v) is 3.45. The maximum absolute atomic E-state index is 13.8. The van der Waals surface area contributed by atoms with E-state index in [9.17, 15) is 18.0 Å². The summed E-state index contributed by atoms with van der Waals surface area (Å²) in [6.45, 7) is 3.67. The standard InChI is InChI=1S/C19H22ClF3N4O2/c1-4-10(2)24-18(28)16-15(20)17-25-13(11-5-7-12(29-3)8-6-11)9-14(19(21,22)23)27(17)26-16/h5-8,10,13-14,25H,4,9H2,1-3H3,(H,24,28)/t10-,13-,14+/m0/s1. The van der Waals surface area contributed by atoms with Crippen LogP contribution in [0.25, 0.3) is 0 Å². The van der Waals surface area contributed by atoms with Gasteiger partial charge in [-0.05, 0) is 31.0 Å². The Morgan fingerprint density at radius 3 is 2.62 bits per heavy atom. The zero-order chi connectivity index (χ0) is 21.3. The molecule has 0 spiro atoms. The average molecular weight is 431 g/mol. The molecule has 158 valence electrons. The second-order valence-electron chi connectivity index (χ2n) is 7.00. The largest absolute Gasteiger partial charge is 0.497 e. The van der Waals surface area contributed by atoms with Crippen molar-refractivity contribution in [3.05, 3.63) is 40.5 Å². The third kappa shape index (κ3) is 4.29. The third-order valence-corrected chi connectivity index (χ3v) is 5.38. The molecule has 0 unspecified atom stereocenters. The summed E-state index contributed by atoms with van der Waals surface area (Å²) in [4.78, 5) is 12.4. The van der Waals surface area contributed by atoms with Gasteiger partial charge in [0.25, 0.3) is 5.91 Å². The highest BCUT2D eigenvalue weighted by Crippen LogP contribution is 2.46. The highest BCUT2D eigenvalue weighted by Gasteiger charge is 2.47. The first-order valence-corrected chi connectivity index (χ1v) is 9.59. The van der Waals surface area contributed by atoms with Crippen LogP contribution in [0.4, 0.5) is 19.0 Å². The third-order valence-electron chi connectivity index (χ3n) is 5.02. The molecule has 2 aromatic rings. The molecule has 0 saturated heterocycles. The van der Waals surface area contributed by atoms with Gasteiger partial charge in [0.1, 0.15) is 16.6 Å². The van der Waals surface area contributed by atoms with E-state index in [1.165, 1.54) is 7.11 Å². The molecule has 1 aromatic heterocycles. The van der Waals surface area contributed by atoms with Crippen LogP contribution in [0.1, 0.15) is 54.8 Å². The van der Waals surface area contributed by atoms with Gasteiger partial charge in [-0.2, -0.15) is 18.3 Å². The van der Waals surface area contributed by atoms with Gasteiger partial charge < -0.3 is 15.4 Å². The molecule has 2 N–H and O–H groups in total. The molecule has 0 radical (unpaired) electrons. The smallest absolute Gasteiger partial charge is 0.410 e. The number of rotatable bonds is 5. The first-order valence-electron chi connectivity index (χ1n) is 9.21. The minimum absolute atomic E-state index is 0.0182. The molecule has 1 amide bonds. The SMILES string of the molecule is CC[C@H](C)NC(=O)c1nn2c(c1Cl)N[C@H](c1ccc(OC)cc1)C[C@@H]2C(F)(F)F. The molecule has 1 aromatic carbocycles. The molecule has 1 aliphatic rings. The molecule has 6 nitrogen and oxygen atoms in total. The molecule has 3 rings (SSSR count). The number of ether oxygens (including phenoxy) is 1. The van der Waals surface area contributed by atoms with E-state index >= 15 is 0 Å². The molecule has 0 bridgehead atoms. The Kier molecular flexibility index (Phi) is 5.97. The molecule has 2 heterocycles. The molecule has 10 heteroatoms. The summed E-state index contributed by atoms with van der Waals surface area (Å²) in [5.41, 5.74) is 0.424. The van der Waals surface area contributed by atoms with Gasteiger partial charge in [0.05, 0.1) is 13.2 Å². The minimum Gasteiger partial charge on any atom is -0.497 e. The highest BCUT2D eigenvalue weighted by molar-refractivity contribution is 6.36. The second kappa shape index (κ2) is 8.14. The summed E-state index contributed by atoms with van der Waals surface area (Å²) in [7, 11) is 1.51. The van der Waals surface area contributed by atoms with E-state index in [4.69, 9.17) is 16.3 Å². The minimum atomic E-state index is -4.55. The van der Waals surface area contributed by atoms with E-state index in [0.29, 0.717) is 17.7 Å². The van der Waals surface area contributed by atoms with E-state index in [2.05, 4.69) is 15.7 Å². The Bertz CT molecular complexity index is 883. The monoisotopic (exact) mass is 430 g/mol. The van der Waals surface area contributed by atoms with Gasteiger partial charge in [0.15, 0.2) is 11.7 Å². The molecular formula is C19H22ClF3N4O2. The van der Waals surface area contributed by atoms with Crippen molar-refractivity contribution in [2.24, 2.45) is 0 Å². The van der Waals surface area contributed by atoms with Crippen LogP contribution in [0.2, 0.25) is 5.02 Å². The van der Waals surface area contributed by atoms with Gasteiger partial charge in [-0.15, -0.1) is 0 Å². The lowest BCUT2D eigenvalue weighted by molar-refractivity contribution is -0.173. The van der Waals surface area contributed by atoms with Crippen LogP contribution in [0.3, 0.4) is 0 Å². The number of halogens is 4. The van der Waals surface area contributed by atoms with Crippen LogP contribution in [0.15, 0.2) is 24.3 Å². The quantitative estimate of drug-likeness (QED) is 0.719. The van der Waals surface area contributed by atoms with Crippen LogP contribution >= 0.6 is 11.6 Å². The zero-order valence-corrected chi connectivity index (χ0v) is 16.9. The van der Waals surface area contributed by atoms with Crippen molar-refractivity contribution in [2.45, 2.75) is 51.0 Å². The van der Waals surface area contributed by atoms with Gasteiger partial charge in [0, 0.05) is 12.5 Å². The van der Waals surface area contributed by atoms with Crippen molar-refractivity contribution in [1.82, 2.24) is 15.1 Å². The predicted molar refractivity (Wildman–Crippen MR) is 104 cm³/mol. The van der Waals surface area contributed by atoms with Gasteiger partial charge >= 0.3 is 6.18 Å². The maximum Gasteiger partial charge on any atom is 0.410 e. The number of amides is 1. The second-order valence-corrected chi connectivity index (χ2v) is 7.38. The Balaban J connectivity index is 1.99. The number of anilines is 1. The summed E-state index contributed by atoms with van der Waals surface area (Å²) in [6.07, 6.45) is -4.17. The van der Waals surface area contributed by atoms with Crippen LogP contribution in [0, 0.1) is 0 Å². The number of fused-ring (bicyclic) bond motifs is 1. The topological polar surface area (TPSA) is 68.2 Å². The van der Waals surface area contributed by atoms with Gasteiger partial charge in [0.2, 0.25) is 0 Å². The number of methoxy groups -OCH3 is 1. The van der Waals surface area contributed by atoms with Crippen molar-refractivity contribution in [3.63, 3.8) is 0 Å².